The van der Waals surface area contributed by atoms with Crippen LogP contribution in [-0.2, 0) is 11.2 Å². The number of fused-ring (bicyclic) bond motifs is 1. The van der Waals surface area contributed by atoms with E-state index >= 15 is 0 Å². The van der Waals surface area contributed by atoms with E-state index in [-0.39, 0.29) is 17.9 Å². The fourth-order valence-electron chi connectivity index (χ4n) is 2.55. The van der Waals surface area contributed by atoms with Crippen molar-refractivity contribution in [2.24, 2.45) is 0 Å². The molecule has 0 radical (unpaired) electrons. The third-order valence-electron chi connectivity index (χ3n) is 3.51. The molecular formula is C16H21F2NO3. The van der Waals surface area contributed by atoms with Crippen molar-refractivity contribution in [1.29, 1.82) is 0 Å². The van der Waals surface area contributed by atoms with Gasteiger partial charge >= 0.3 is 12.7 Å². The largest absolute Gasteiger partial charge is 0.444 e. The molecule has 0 N–H and O–H groups in total. The molecule has 0 saturated carbocycles. The molecular weight excluding hydrogens is 292 g/mol. The maximum atomic E-state index is 12.3. The smallest absolute Gasteiger partial charge is 0.410 e. The van der Waals surface area contributed by atoms with Crippen molar-refractivity contribution in [3.63, 3.8) is 0 Å². The van der Waals surface area contributed by atoms with Crippen LogP contribution in [0.1, 0.15) is 44.9 Å². The lowest BCUT2D eigenvalue weighted by molar-refractivity contribution is -0.0499. The predicted octanol–water partition coefficient (Wildman–Crippen LogP) is 4.14. The van der Waals surface area contributed by atoms with E-state index in [0.29, 0.717) is 13.0 Å². The summed E-state index contributed by atoms with van der Waals surface area (Å²) in [6.45, 7) is 5.01. The monoisotopic (exact) mass is 313 g/mol. The molecule has 1 aliphatic heterocycles. The minimum atomic E-state index is -2.84. The molecule has 1 amide bonds. The van der Waals surface area contributed by atoms with E-state index in [4.69, 9.17) is 4.74 Å². The molecule has 1 heterocycles. The van der Waals surface area contributed by atoms with Crippen molar-refractivity contribution in [3.05, 3.63) is 29.3 Å². The summed E-state index contributed by atoms with van der Waals surface area (Å²) in [6, 6.07) is 4.68. The topological polar surface area (TPSA) is 38.8 Å². The van der Waals surface area contributed by atoms with E-state index < -0.39 is 12.2 Å². The molecule has 1 aromatic rings. The number of hydrogen-bond acceptors (Lipinski definition) is 3. The van der Waals surface area contributed by atoms with E-state index in [0.717, 1.165) is 11.1 Å². The van der Waals surface area contributed by atoms with Gasteiger partial charge < -0.3 is 14.4 Å². The van der Waals surface area contributed by atoms with Crippen molar-refractivity contribution in [1.82, 2.24) is 4.90 Å². The molecule has 0 aliphatic carbocycles. The first-order valence-corrected chi connectivity index (χ1v) is 7.24. The lowest BCUT2D eigenvalue weighted by Crippen LogP contribution is -2.42. The van der Waals surface area contributed by atoms with Crippen molar-refractivity contribution < 1.29 is 23.0 Å². The number of halogens is 2. The lowest BCUT2D eigenvalue weighted by Gasteiger charge is -2.36. The fourth-order valence-corrected chi connectivity index (χ4v) is 2.55. The van der Waals surface area contributed by atoms with Crippen molar-refractivity contribution in [2.45, 2.75) is 52.4 Å². The molecule has 1 atom stereocenters. The summed E-state index contributed by atoms with van der Waals surface area (Å²) in [5.41, 5.74) is 1.30. The molecule has 22 heavy (non-hydrogen) atoms. The Morgan fingerprint density at radius 2 is 2.05 bits per heavy atom. The summed E-state index contributed by atoms with van der Waals surface area (Å²) in [5.74, 6) is 0.145. The first-order valence-electron chi connectivity index (χ1n) is 7.24. The highest BCUT2D eigenvalue weighted by Gasteiger charge is 2.31. The molecule has 0 aromatic heterocycles. The number of ether oxygens (including phenoxy) is 2. The Kier molecular flexibility index (Phi) is 4.58. The van der Waals surface area contributed by atoms with Gasteiger partial charge in [0.15, 0.2) is 0 Å². The van der Waals surface area contributed by atoms with Crippen LogP contribution in [0.3, 0.4) is 0 Å². The molecule has 1 aliphatic rings. The number of alkyl halides is 2. The maximum absolute atomic E-state index is 12.3. The molecule has 1 aromatic carbocycles. The van der Waals surface area contributed by atoms with Gasteiger partial charge in [0.1, 0.15) is 11.4 Å². The van der Waals surface area contributed by atoms with Gasteiger partial charge in [0.05, 0.1) is 6.04 Å². The normalized spacial score (nSPS) is 18.1. The minimum Gasteiger partial charge on any atom is -0.444 e. The predicted molar refractivity (Wildman–Crippen MR) is 78.1 cm³/mol. The molecule has 0 bridgehead atoms. The second-order valence-electron chi connectivity index (χ2n) is 6.34. The quantitative estimate of drug-likeness (QED) is 0.823. The van der Waals surface area contributed by atoms with Crippen LogP contribution in [0.2, 0.25) is 0 Å². The van der Waals surface area contributed by atoms with Crippen LogP contribution in [0, 0.1) is 0 Å². The Bertz CT molecular complexity index is 555. The fraction of sp³-hybridized carbons (Fsp3) is 0.562. The van der Waals surface area contributed by atoms with E-state index in [1.165, 1.54) is 6.07 Å². The molecule has 1 unspecified atom stereocenters. The lowest BCUT2D eigenvalue weighted by atomic mass is 9.93. The number of carbonyl (C=O) groups excluding carboxylic acids is 1. The molecule has 2 rings (SSSR count). The molecule has 0 saturated heterocycles. The highest BCUT2D eigenvalue weighted by Crippen LogP contribution is 2.33. The third kappa shape index (κ3) is 3.87. The number of benzene rings is 1. The number of rotatable bonds is 2. The zero-order valence-corrected chi connectivity index (χ0v) is 13.2. The van der Waals surface area contributed by atoms with Crippen LogP contribution in [0.15, 0.2) is 18.2 Å². The van der Waals surface area contributed by atoms with Gasteiger partial charge in [-0.2, -0.15) is 8.78 Å². The summed E-state index contributed by atoms with van der Waals surface area (Å²) in [5, 5.41) is 0. The number of carbonyl (C=O) groups is 1. The standard InChI is InChI=1S/C16H21F2NO3/c1-10-13-6-5-12(21-14(17)18)9-11(13)7-8-19(10)15(20)22-16(2,3)4/h5-6,9-10,14H,7-8H2,1-4H3. The molecule has 6 heteroatoms. The Balaban J connectivity index is 2.16. The molecule has 0 spiro atoms. The minimum absolute atomic E-state index is 0.145. The Hall–Kier alpha value is -1.85. The van der Waals surface area contributed by atoms with Crippen LogP contribution in [0.5, 0.6) is 5.75 Å². The average Bonchev–Trinajstić information content (AvgIpc) is 2.35. The van der Waals surface area contributed by atoms with Gasteiger partial charge in [-0.1, -0.05) is 6.07 Å². The summed E-state index contributed by atoms with van der Waals surface area (Å²) in [7, 11) is 0. The SMILES string of the molecule is CC1c2ccc(OC(F)F)cc2CCN1C(=O)OC(C)(C)C. The third-order valence-corrected chi connectivity index (χ3v) is 3.51. The first kappa shape index (κ1) is 16.5. The van der Waals surface area contributed by atoms with Crippen molar-refractivity contribution >= 4 is 6.09 Å². The average molecular weight is 313 g/mol. The van der Waals surface area contributed by atoms with Gasteiger partial charge in [-0.15, -0.1) is 0 Å². The van der Waals surface area contributed by atoms with Crippen LogP contribution in [0.25, 0.3) is 0 Å². The number of nitrogens with zero attached hydrogens (tertiary/aromatic N) is 1. The van der Waals surface area contributed by atoms with Gasteiger partial charge in [0, 0.05) is 6.54 Å². The Morgan fingerprint density at radius 3 is 2.64 bits per heavy atom. The van der Waals surface area contributed by atoms with E-state index in [2.05, 4.69) is 4.74 Å². The summed E-state index contributed by atoms with van der Waals surface area (Å²) in [6.07, 6.45) is 0.220. The molecule has 4 nitrogen and oxygen atoms in total. The summed E-state index contributed by atoms with van der Waals surface area (Å²) < 4.78 is 34.3. The van der Waals surface area contributed by atoms with Gasteiger partial charge in [-0.05, 0) is 57.4 Å². The number of hydrogen-bond donors (Lipinski definition) is 0. The summed E-state index contributed by atoms with van der Waals surface area (Å²) in [4.78, 5) is 13.9. The van der Waals surface area contributed by atoms with Crippen LogP contribution in [-0.4, -0.2) is 29.8 Å². The zero-order chi connectivity index (χ0) is 16.5. The molecule has 0 fully saturated rings. The zero-order valence-electron chi connectivity index (χ0n) is 13.2. The van der Waals surface area contributed by atoms with Gasteiger partial charge in [-0.3, -0.25) is 0 Å². The van der Waals surface area contributed by atoms with Crippen LogP contribution in [0.4, 0.5) is 13.6 Å². The second-order valence-corrected chi connectivity index (χ2v) is 6.34. The first-order chi connectivity index (χ1) is 10.2. The Labute approximate surface area is 129 Å². The van der Waals surface area contributed by atoms with Gasteiger partial charge in [0.2, 0.25) is 0 Å². The van der Waals surface area contributed by atoms with E-state index in [9.17, 15) is 13.6 Å². The van der Waals surface area contributed by atoms with Crippen LogP contribution >= 0.6 is 0 Å². The highest BCUT2D eigenvalue weighted by atomic mass is 19.3. The molecule has 122 valence electrons. The van der Waals surface area contributed by atoms with E-state index in [1.54, 1.807) is 17.0 Å². The number of amides is 1. The van der Waals surface area contributed by atoms with Gasteiger partial charge in [0.25, 0.3) is 0 Å². The van der Waals surface area contributed by atoms with Crippen molar-refractivity contribution in [2.75, 3.05) is 6.54 Å². The summed E-state index contributed by atoms with van der Waals surface area (Å²) >= 11 is 0. The van der Waals surface area contributed by atoms with Gasteiger partial charge in [-0.25, -0.2) is 4.79 Å². The Morgan fingerprint density at radius 1 is 1.36 bits per heavy atom. The highest BCUT2D eigenvalue weighted by molar-refractivity contribution is 5.69. The maximum Gasteiger partial charge on any atom is 0.410 e. The second kappa shape index (κ2) is 6.10. The van der Waals surface area contributed by atoms with Crippen molar-refractivity contribution in [3.8, 4) is 5.75 Å². The van der Waals surface area contributed by atoms with Crippen LogP contribution < -0.4 is 4.74 Å². The van der Waals surface area contributed by atoms with E-state index in [1.807, 2.05) is 27.7 Å².